The van der Waals surface area contributed by atoms with Crippen molar-refractivity contribution in [2.24, 2.45) is 0 Å². The Bertz CT molecular complexity index is 918. The highest BCUT2D eigenvalue weighted by atomic mass is 16.1. The summed E-state index contributed by atoms with van der Waals surface area (Å²) in [5, 5.41) is 15.0. The van der Waals surface area contributed by atoms with E-state index in [9.17, 15) is 4.79 Å². The molecule has 2 heterocycles. The molecule has 6 nitrogen and oxygen atoms in total. The Hall–Kier alpha value is -3.72. The Morgan fingerprint density at radius 2 is 1.96 bits per heavy atom. The van der Waals surface area contributed by atoms with Crippen molar-refractivity contribution in [3.05, 3.63) is 83.9 Å². The van der Waals surface area contributed by atoms with Crippen LogP contribution in [-0.4, -0.2) is 15.9 Å². The molecule has 3 rings (SSSR count). The number of aromatic nitrogens is 2. The van der Waals surface area contributed by atoms with Gasteiger partial charge in [0.1, 0.15) is 6.07 Å². The normalized spacial score (nSPS) is 9.88. The number of pyridine rings is 2. The predicted molar refractivity (Wildman–Crippen MR) is 94.9 cm³/mol. The summed E-state index contributed by atoms with van der Waals surface area (Å²) in [7, 11) is 0. The van der Waals surface area contributed by atoms with Gasteiger partial charge in [-0.25, -0.2) is 0 Å². The van der Waals surface area contributed by atoms with Gasteiger partial charge >= 0.3 is 0 Å². The topological polar surface area (TPSA) is 90.7 Å². The molecule has 2 N–H and O–H groups in total. The Kier molecular flexibility index (Phi) is 4.98. The van der Waals surface area contributed by atoms with E-state index < -0.39 is 0 Å². The lowest BCUT2D eigenvalue weighted by molar-refractivity contribution is 0.102. The number of nitriles is 1. The van der Waals surface area contributed by atoms with Crippen LogP contribution >= 0.6 is 0 Å². The summed E-state index contributed by atoms with van der Waals surface area (Å²) in [5.41, 5.74) is 3.05. The van der Waals surface area contributed by atoms with Crippen molar-refractivity contribution < 1.29 is 4.79 Å². The van der Waals surface area contributed by atoms with Gasteiger partial charge in [0.25, 0.3) is 5.91 Å². The molecule has 2 aromatic heterocycles. The van der Waals surface area contributed by atoms with Gasteiger partial charge in [-0.05, 0) is 29.8 Å². The molecular weight excluding hydrogens is 314 g/mol. The Labute approximate surface area is 145 Å². The number of hydrogen-bond donors (Lipinski definition) is 2. The fourth-order valence-corrected chi connectivity index (χ4v) is 2.25. The fraction of sp³-hybridized carbons (Fsp3) is 0.0526. The van der Waals surface area contributed by atoms with E-state index in [1.165, 1.54) is 6.20 Å². The lowest BCUT2D eigenvalue weighted by atomic mass is 10.2. The van der Waals surface area contributed by atoms with E-state index in [0.29, 0.717) is 23.4 Å². The minimum Gasteiger partial charge on any atom is -0.380 e. The average molecular weight is 329 g/mol. The second-order valence-electron chi connectivity index (χ2n) is 5.29. The van der Waals surface area contributed by atoms with Gasteiger partial charge in [0.05, 0.1) is 22.5 Å². The molecule has 1 aromatic carbocycles. The first kappa shape index (κ1) is 16.1. The maximum atomic E-state index is 12.4. The van der Waals surface area contributed by atoms with E-state index in [4.69, 9.17) is 5.26 Å². The van der Waals surface area contributed by atoms with E-state index in [1.807, 2.05) is 12.1 Å². The molecule has 0 saturated carbocycles. The molecule has 1 amide bonds. The summed E-state index contributed by atoms with van der Waals surface area (Å²) in [6.45, 7) is 0.581. The van der Waals surface area contributed by atoms with Crippen molar-refractivity contribution in [3.63, 3.8) is 0 Å². The van der Waals surface area contributed by atoms with Crippen molar-refractivity contribution in [3.8, 4) is 6.07 Å². The molecule has 0 aliphatic heterocycles. The molecule has 0 fully saturated rings. The van der Waals surface area contributed by atoms with Gasteiger partial charge < -0.3 is 10.6 Å². The van der Waals surface area contributed by atoms with Crippen LogP contribution in [0.3, 0.4) is 0 Å². The first-order chi connectivity index (χ1) is 12.3. The first-order valence-corrected chi connectivity index (χ1v) is 7.64. The Morgan fingerprint density at radius 1 is 1.08 bits per heavy atom. The molecule has 0 spiro atoms. The monoisotopic (exact) mass is 329 g/mol. The SMILES string of the molecule is N#Cc1ccccc1NC(=O)c1cncc(NCc2cccnc2)c1. The lowest BCUT2D eigenvalue weighted by Crippen LogP contribution is -2.13. The number of nitrogens with zero attached hydrogens (tertiary/aromatic N) is 3. The first-order valence-electron chi connectivity index (χ1n) is 7.64. The fourth-order valence-electron chi connectivity index (χ4n) is 2.25. The van der Waals surface area contributed by atoms with Crippen LogP contribution in [0.15, 0.2) is 67.3 Å². The Balaban J connectivity index is 1.70. The third-order valence-electron chi connectivity index (χ3n) is 3.52. The predicted octanol–water partition coefficient (Wildman–Crippen LogP) is 3.21. The molecule has 6 heteroatoms. The highest BCUT2D eigenvalue weighted by molar-refractivity contribution is 6.05. The van der Waals surface area contributed by atoms with Crippen LogP contribution in [0, 0.1) is 11.3 Å². The highest BCUT2D eigenvalue weighted by Gasteiger charge is 2.10. The number of para-hydroxylation sites is 1. The number of benzene rings is 1. The van der Waals surface area contributed by atoms with Gasteiger partial charge in [0.2, 0.25) is 0 Å². The minimum absolute atomic E-state index is 0.319. The maximum absolute atomic E-state index is 12.4. The molecule has 0 aliphatic rings. The number of hydrogen-bond acceptors (Lipinski definition) is 5. The molecule has 0 unspecified atom stereocenters. The van der Waals surface area contributed by atoms with Crippen LogP contribution in [0.2, 0.25) is 0 Å². The van der Waals surface area contributed by atoms with Crippen LogP contribution in [0.1, 0.15) is 21.5 Å². The number of anilines is 2. The maximum Gasteiger partial charge on any atom is 0.257 e. The average Bonchev–Trinajstić information content (AvgIpc) is 2.68. The van der Waals surface area contributed by atoms with Crippen LogP contribution in [0.25, 0.3) is 0 Å². The van der Waals surface area contributed by atoms with Crippen molar-refractivity contribution in [2.45, 2.75) is 6.54 Å². The number of rotatable bonds is 5. The number of carbonyl (C=O) groups is 1. The molecule has 3 aromatic rings. The van der Waals surface area contributed by atoms with Crippen molar-refractivity contribution >= 4 is 17.3 Å². The van der Waals surface area contributed by atoms with Gasteiger partial charge in [0.15, 0.2) is 0 Å². The molecule has 0 aliphatic carbocycles. The Morgan fingerprint density at radius 3 is 2.76 bits per heavy atom. The second-order valence-corrected chi connectivity index (χ2v) is 5.29. The van der Waals surface area contributed by atoms with Gasteiger partial charge in [-0.3, -0.25) is 14.8 Å². The summed E-state index contributed by atoms with van der Waals surface area (Å²) in [4.78, 5) is 20.6. The summed E-state index contributed by atoms with van der Waals surface area (Å²) < 4.78 is 0. The number of nitrogens with one attached hydrogen (secondary N) is 2. The van der Waals surface area contributed by atoms with Crippen molar-refractivity contribution in [1.82, 2.24) is 9.97 Å². The van der Waals surface area contributed by atoms with E-state index in [-0.39, 0.29) is 5.91 Å². The van der Waals surface area contributed by atoms with Crippen molar-refractivity contribution in [1.29, 1.82) is 5.26 Å². The standard InChI is InChI=1S/C19H15N5O/c20-9-15-5-1-2-6-18(15)24-19(25)16-8-17(13-22-12-16)23-11-14-4-3-7-21-10-14/h1-8,10,12-13,23H,11H2,(H,24,25). The zero-order chi connectivity index (χ0) is 17.5. The number of amides is 1. The zero-order valence-corrected chi connectivity index (χ0v) is 13.3. The van der Waals surface area contributed by atoms with Gasteiger partial charge in [-0.2, -0.15) is 5.26 Å². The van der Waals surface area contributed by atoms with Crippen molar-refractivity contribution in [2.75, 3.05) is 10.6 Å². The summed E-state index contributed by atoms with van der Waals surface area (Å²) in [6.07, 6.45) is 6.63. The summed E-state index contributed by atoms with van der Waals surface area (Å²) in [6, 6.07) is 14.5. The smallest absolute Gasteiger partial charge is 0.257 e. The molecule has 0 atom stereocenters. The van der Waals surface area contributed by atoms with Gasteiger partial charge in [0, 0.05) is 31.3 Å². The largest absolute Gasteiger partial charge is 0.380 e. The minimum atomic E-state index is -0.319. The second kappa shape index (κ2) is 7.70. The van der Waals surface area contributed by atoms with Crippen LogP contribution in [0.5, 0.6) is 0 Å². The molecule has 0 radical (unpaired) electrons. The third kappa shape index (κ3) is 4.18. The van der Waals surface area contributed by atoms with Gasteiger partial charge in [-0.15, -0.1) is 0 Å². The molecule has 0 bridgehead atoms. The lowest BCUT2D eigenvalue weighted by Gasteiger charge is -2.09. The third-order valence-corrected chi connectivity index (χ3v) is 3.52. The van der Waals surface area contributed by atoms with Crippen LogP contribution in [-0.2, 0) is 6.54 Å². The van der Waals surface area contributed by atoms with Gasteiger partial charge in [-0.1, -0.05) is 18.2 Å². The summed E-state index contributed by atoms with van der Waals surface area (Å²) in [5.74, 6) is -0.319. The van der Waals surface area contributed by atoms with Crippen LogP contribution in [0.4, 0.5) is 11.4 Å². The zero-order valence-electron chi connectivity index (χ0n) is 13.3. The molecule has 122 valence electrons. The van der Waals surface area contributed by atoms with E-state index >= 15 is 0 Å². The van der Waals surface area contributed by atoms with E-state index in [2.05, 4.69) is 26.7 Å². The quantitative estimate of drug-likeness (QED) is 0.750. The number of carbonyl (C=O) groups excluding carboxylic acids is 1. The van der Waals surface area contributed by atoms with Crippen LogP contribution < -0.4 is 10.6 Å². The molecule has 0 saturated heterocycles. The van der Waals surface area contributed by atoms with E-state index in [1.54, 1.807) is 48.9 Å². The summed E-state index contributed by atoms with van der Waals surface area (Å²) >= 11 is 0. The molecule has 25 heavy (non-hydrogen) atoms. The van der Waals surface area contributed by atoms with E-state index in [0.717, 1.165) is 11.3 Å². The molecular formula is C19H15N5O. The highest BCUT2D eigenvalue weighted by Crippen LogP contribution is 2.16.